The van der Waals surface area contributed by atoms with Gasteiger partial charge in [-0.25, -0.2) is 4.98 Å². The van der Waals surface area contributed by atoms with Gasteiger partial charge in [-0.15, -0.1) is 12.4 Å². The Balaban J connectivity index is 0.00000176. The van der Waals surface area contributed by atoms with Gasteiger partial charge in [-0.1, -0.05) is 41.7 Å². The van der Waals surface area contributed by atoms with Crippen molar-refractivity contribution in [3.05, 3.63) is 42.5 Å². The molecule has 0 saturated carbocycles. The van der Waals surface area contributed by atoms with Crippen molar-refractivity contribution in [2.24, 2.45) is 0 Å². The number of fused-ring (bicyclic) bond motifs is 1. The highest BCUT2D eigenvalue weighted by molar-refractivity contribution is 7.22. The fourth-order valence-electron chi connectivity index (χ4n) is 2.23. The zero-order valence-corrected chi connectivity index (χ0v) is 13.7. The number of aliphatic hydroxyl groups is 1. The second-order valence-corrected chi connectivity index (χ2v) is 5.53. The number of aliphatic hydroxyl groups excluding tert-OH is 1. The van der Waals surface area contributed by atoms with E-state index in [9.17, 15) is 0 Å². The van der Waals surface area contributed by atoms with E-state index in [1.165, 1.54) is 0 Å². The van der Waals surface area contributed by atoms with Crippen LogP contribution in [-0.2, 0) is 0 Å². The third kappa shape index (κ3) is 3.16. The molecule has 0 fully saturated rings. The minimum Gasteiger partial charge on any atom is -0.494 e. The quantitative estimate of drug-likeness (QED) is 0.744. The van der Waals surface area contributed by atoms with Crippen molar-refractivity contribution in [2.45, 2.75) is 0 Å². The lowest BCUT2D eigenvalue weighted by atomic mass is 10.1. The van der Waals surface area contributed by atoms with Crippen molar-refractivity contribution in [2.75, 3.05) is 25.6 Å². The summed E-state index contributed by atoms with van der Waals surface area (Å²) in [6.07, 6.45) is 0. The first-order valence-corrected chi connectivity index (χ1v) is 7.53. The number of aromatic nitrogens is 1. The Kier molecular flexibility index (Phi) is 5.60. The Labute approximate surface area is 139 Å². The smallest absolute Gasteiger partial charge is 0.184 e. The molecule has 0 aliphatic carbocycles. The molecule has 3 aromatic rings. The molecule has 116 valence electrons. The Hall–Kier alpha value is -1.82. The van der Waals surface area contributed by atoms with E-state index < -0.39 is 0 Å². The predicted octanol–water partition coefficient (Wildman–Crippen LogP) is 3.80. The highest BCUT2D eigenvalue weighted by Gasteiger charge is 2.13. The lowest BCUT2D eigenvalue weighted by Gasteiger charge is -2.05. The Morgan fingerprint density at radius 2 is 1.95 bits per heavy atom. The van der Waals surface area contributed by atoms with Gasteiger partial charge < -0.3 is 15.2 Å². The summed E-state index contributed by atoms with van der Waals surface area (Å²) in [4.78, 5) is 4.58. The number of nitrogens with one attached hydrogen (secondary N) is 1. The number of halogens is 1. The summed E-state index contributed by atoms with van der Waals surface area (Å²) in [5.74, 6) is 0.762. The van der Waals surface area contributed by atoms with Crippen LogP contribution in [0.1, 0.15) is 0 Å². The molecule has 22 heavy (non-hydrogen) atoms. The third-order valence-electron chi connectivity index (χ3n) is 3.20. The first-order valence-electron chi connectivity index (χ1n) is 6.71. The van der Waals surface area contributed by atoms with Crippen molar-refractivity contribution < 1.29 is 9.84 Å². The molecule has 2 aromatic carbocycles. The van der Waals surface area contributed by atoms with Crippen LogP contribution in [0.5, 0.6) is 5.75 Å². The van der Waals surface area contributed by atoms with Gasteiger partial charge in [0.1, 0.15) is 11.3 Å². The number of nitrogens with zero attached hydrogens (tertiary/aromatic N) is 1. The van der Waals surface area contributed by atoms with Gasteiger partial charge in [-0.3, -0.25) is 0 Å². The number of anilines is 1. The lowest BCUT2D eigenvalue weighted by Crippen LogP contribution is -2.04. The van der Waals surface area contributed by atoms with Crippen LogP contribution in [0.4, 0.5) is 5.13 Å². The second-order valence-electron chi connectivity index (χ2n) is 4.53. The standard InChI is InChI=1S/C16H16N2O2S.ClH/c1-20-13-8-7-12(11-5-3-2-4-6-11)15-14(13)18-16(21-15)17-9-10-19;/h2-8,19H,9-10H2,1H3,(H,17,18);1H. The van der Waals surface area contributed by atoms with Crippen molar-refractivity contribution in [1.29, 1.82) is 0 Å². The largest absolute Gasteiger partial charge is 0.494 e. The summed E-state index contributed by atoms with van der Waals surface area (Å²) in [7, 11) is 1.65. The highest BCUT2D eigenvalue weighted by atomic mass is 35.5. The van der Waals surface area contributed by atoms with Crippen molar-refractivity contribution in [3.8, 4) is 16.9 Å². The first-order chi connectivity index (χ1) is 10.3. The van der Waals surface area contributed by atoms with Gasteiger partial charge in [0.2, 0.25) is 0 Å². The minimum absolute atomic E-state index is 0. The van der Waals surface area contributed by atoms with Gasteiger partial charge in [0.05, 0.1) is 18.4 Å². The number of hydrogen-bond acceptors (Lipinski definition) is 5. The van der Waals surface area contributed by atoms with Crippen molar-refractivity contribution in [1.82, 2.24) is 4.98 Å². The monoisotopic (exact) mass is 336 g/mol. The van der Waals surface area contributed by atoms with Crippen molar-refractivity contribution >= 4 is 39.1 Å². The number of rotatable bonds is 5. The SMILES string of the molecule is COc1ccc(-c2ccccc2)c2sc(NCCO)nc12.Cl. The van der Waals surface area contributed by atoms with Gasteiger partial charge in [-0.05, 0) is 17.7 Å². The van der Waals surface area contributed by atoms with Gasteiger partial charge in [-0.2, -0.15) is 0 Å². The van der Waals surface area contributed by atoms with Gasteiger partial charge in [0.15, 0.2) is 5.13 Å². The van der Waals surface area contributed by atoms with E-state index in [2.05, 4.69) is 28.5 Å². The second kappa shape index (κ2) is 7.45. The van der Waals surface area contributed by atoms with E-state index >= 15 is 0 Å². The van der Waals surface area contributed by atoms with Gasteiger partial charge in [0, 0.05) is 12.1 Å². The van der Waals surface area contributed by atoms with E-state index in [1.54, 1.807) is 18.4 Å². The number of methoxy groups -OCH3 is 1. The molecule has 3 rings (SSSR count). The van der Waals surface area contributed by atoms with E-state index in [-0.39, 0.29) is 19.0 Å². The average Bonchev–Trinajstić information content (AvgIpc) is 2.96. The van der Waals surface area contributed by atoms with Crippen LogP contribution >= 0.6 is 23.7 Å². The highest BCUT2D eigenvalue weighted by Crippen LogP contribution is 2.39. The number of hydrogen-bond donors (Lipinski definition) is 2. The Morgan fingerprint density at radius 3 is 2.64 bits per heavy atom. The maximum absolute atomic E-state index is 8.93. The summed E-state index contributed by atoms with van der Waals surface area (Å²) in [5, 5.41) is 12.8. The zero-order chi connectivity index (χ0) is 14.7. The fourth-order valence-corrected chi connectivity index (χ4v) is 3.27. The van der Waals surface area contributed by atoms with Gasteiger partial charge in [0.25, 0.3) is 0 Å². The molecule has 1 heterocycles. The number of ether oxygens (including phenoxy) is 1. The van der Waals surface area contributed by atoms with Crippen LogP contribution in [-0.4, -0.2) is 30.4 Å². The van der Waals surface area contributed by atoms with Crippen LogP contribution in [0, 0.1) is 0 Å². The molecule has 0 spiro atoms. The minimum atomic E-state index is 0. The molecule has 0 atom stereocenters. The summed E-state index contributed by atoms with van der Waals surface area (Å²) >= 11 is 1.57. The topological polar surface area (TPSA) is 54.4 Å². The fraction of sp³-hybridized carbons (Fsp3) is 0.188. The van der Waals surface area contributed by atoms with Crippen LogP contribution in [0.3, 0.4) is 0 Å². The lowest BCUT2D eigenvalue weighted by molar-refractivity contribution is 0.311. The number of benzene rings is 2. The van der Waals surface area contributed by atoms with E-state index in [1.807, 2.05) is 24.3 Å². The number of thiazole rings is 1. The molecule has 0 amide bonds. The van der Waals surface area contributed by atoms with Crippen LogP contribution in [0.15, 0.2) is 42.5 Å². The Morgan fingerprint density at radius 1 is 1.18 bits per heavy atom. The van der Waals surface area contributed by atoms with Crippen LogP contribution in [0.25, 0.3) is 21.3 Å². The molecule has 0 bridgehead atoms. The van der Waals surface area contributed by atoms with Crippen LogP contribution in [0.2, 0.25) is 0 Å². The molecule has 6 heteroatoms. The normalized spacial score (nSPS) is 10.3. The summed E-state index contributed by atoms with van der Waals surface area (Å²) in [5.41, 5.74) is 3.15. The van der Waals surface area contributed by atoms with E-state index in [4.69, 9.17) is 9.84 Å². The maximum atomic E-state index is 8.93. The third-order valence-corrected chi connectivity index (χ3v) is 4.25. The van der Waals surface area contributed by atoms with Gasteiger partial charge >= 0.3 is 0 Å². The summed E-state index contributed by atoms with van der Waals surface area (Å²) < 4.78 is 6.49. The first kappa shape index (κ1) is 16.5. The molecule has 0 unspecified atom stereocenters. The summed E-state index contributed by atoms with van der Waals surface area (Å²) in [6.45, 7) is 0.571. The predicted molar refractivity (Wildman–Crippen MR) is 94.4 cm³/mol. The molecule has 2 N–H and O–H groups in total. The molecular formula is C16H17ClN2O2S. The molecule has 1 aromatic heterocycles. The maximum Gasteiger partial charge on any atom is 0.184 e. The summed E-state index contributed by atoms with van der Waals surface area (Å²) in [6, 6.07) is 14.2. The Bertz CT molecular complexity index is 746. The van der Waals surface area contributed by atoms with Crippen molar-refractivity contribution in [3.63, 3.8) is 0 Å². The molecule has 0 saturated heterocycles. The molecular weight excluding hydrogens is 320 g/mol. The van der Waals surface area contributed by atoms with Crippen LogP contribution < -0.4 is 10.1 Å². The molecule has 4 nitrogen and oxygen atoms in total. The zero-order valence-electron chi connectivity index (χ0n) is 12.1. The average molecular weight is 337 g/mol. The molecule has 0 aliphatic heterocycles. The van der Waals surface area contributed by atoms with E-state index in [0.29, 0.717) is 6.54 Å². The molecule has 0 aliphatic rings. The van der Waals surface area contributed by atoms with E-state index in [0.717, 1.165) is 32.2 Å². The molecule has 0 radical (unpaired) electrons.